The molecule has 1 atom stereocenters. The van der Waals surface area contributed by atoms with Gasteiger partial charge in [-0.1, -0.05) is 13.0 Å². The van der Waals surface area contributed by atoms with Crippen LogP contribution in [0.5, 0.6) is 5.75 Å². The number of carboxylic acid groups (broad SMARTS) is 1. The van der Waals surface area contributed by atoms with Crippen molar-refractivity contribution in [1.29, 1.82) is 0 Å². The molecule has 144 valence electrons. The number of hydrogen-bond acceptors (Lipinski definition) is 4. The molecular weight excluding hydrogens is 336 g/mol. The summed E-state index contributed by atoms with van der Waals surface area (Å²) in [5.74, 6) is -0.313. The SMILES string of the molecule is Cc1ccc(NC(=O)N(C)CC(C)C(=O)O)cc1OCC1CCOCC1. The van der Waals surface area contributed by atoms with Gasteiger partial charge in [0.15, 0.2) is 0 Å². The van der Waals surface area contributed by atoms with E-state index in [-0.39, 0.29) is 12.6 Å². The van der Waals surface area contributed by atoms with Gasteiger partial charge in [0, 0.05) is 38.6 Å². The lowest BCUT2D eigenvalue weighted by Gasteiger charge is -2.23. The zero-order valence-electron chi connectivity index (χ0n) is 15.7. The largest absolute Gasteiger partial charge is 0.493 e. The van der Waals surface area contributed by atoms with Gasteiger partial charge in [0.2, 0.25) is 0 Å². The molecule has 7 nitrogen and oxygen atoms in total. The number of nitrogens with zero attached hydrogens (tertiary/aromatic N) is 1. The number of nitrogens with one attached hydrogen (secondary N) is 1. The minimum Gasteiger partial charge on any atom is -0.493 e. The summed E-state index contributed by atoms with van der Waals surface area (Å²) >= 11 is 0. The number of aryl methyl sites for hydroxylation is 1. The molecule has 1 fully saturated rings. The van der Waals surface area contributed by atoms with Crippen LogP contribution < -0.4 is 10.1 Å². The van der Waals surface area contributed by atoms with Gasteiger partial charge in [-0.2, -0.15) is 0 Å². The minimum absolute atomic E-state index is 0.139. The average molecular weight is 364 g/mol. The zero-order valence-corrected chi connectivity index (χ0v) is 15.7. The highest BCUT2D eigenvalue weighted by molar-refractivity contribution is 5.89. The summed E-state index contributed by atoms with van der Waals surface area (Å²) in [7, 11) is 1.57. The number of rotatable bonds is 7. The van der Waals surface area contributed by atoms with E-state index in [0.29, 0.717) is 18.2 Å². The van der Waals surface area contributed by atoms with E-state index in [1.54, 1.807) is 20.0 Å². The normalized spacial score (nSPS) is 16.0. The maximum absolute atomic E-state index is 12.2. The number of carbonyl (C=O) groups excluding carboxylic acids is 1. The highest BCUT2D eigenvalue weighted by atomic mass is 16.5. The van der Waals surface area contributed by atoms with Crippen molar-refractivity contribution in [2.45, 2.75) is 26.7 Å². The van der Waals surface area contributed by atoms with Gasteiger partial charge in [0.25, 0.3) is 0 Å². The number of ether oxygens (including phenoxy) is 2. The molecule has 1 unspecified atom stereocenters. The summed E-state index contributed by atoms with van der Waals surface area (Å²) in [5.41, 5.74) is 1.63. The molecule has 1 saturated heterocycles. The third kappa shape index (κ3) is 5.91. The molecule has 0 aliphatic carbocycles. The number of carbonyl (C=O) groups is 2. The molecule has 1 heterocycles. The van der Waals surface area contributed by atoms with Crippen molar-refractivity contribution in [3.63, 3.8) is 0 Å². The quantitative estimate of drug-likeness (QED) is 0.776. The summed E-state index contributed by atoms with van der Waals surface area (Å²) < 4.78 is 11.3. The Hall–Kier alpha value is -2.28. The lowest BCUT2D eigenvalue weighted by atomic mass is 10.0. The summed E-state index contributed by atoms with van der Waals surface area (Å²) in [6.45, 7) is 5.87. The minimum atomic E-state index is -0.927. The molecule has 2 amide bonds. The van der Waals surface area contributed by atoms with E-state index >= 15 is 0 Å². The number of urea groups is 1. The molecule has 0 radical (unpaired) electrons. The van der Waals surface area contributed by atoms with Crippen molar-refractivity contribution in [1.82, 2.24) is 4.90 Å². The first-order valence-corrected chi connectivity index (χ1v) is 8.93. The fourth-order valence-electron chi connectivity index (χ4n) is 2.74. The molecular formula is C19H28N2O5. The third-order valence-corrected chi connectivity index (χ3v) is 4.57. The lowest BCUT2D eigenvalue weighted by molar-refractivity contribution is -0.141. The van der Waals surface area contributed by atoms with Crippen LogP contribution >= 0.6 is 0 Å². The van der Waals surface area contributed by atoms with Crippen LogP contribution in [0, 0.1) is 18.8 Å². The molecule has 0 aromatic heterocycles. The van der Waals surface area contributed by atoms with Gasteiger partial charge >= 0.3 is 12.0 Å². The predicted molar refractivity (Wildman–Crippen MR) is 98.7 cm³/mol. The molecule has 0 bridgehead atoms. The van der Waals surface area contributed by atoms with Gasteiger partial charge in [-0.05, 0) is 37.3 Å². The van der Waals surface area contributed by atoms with Crippen LogP contribution in [0.3, 0.4) is 0 Å². The van der Waals surface area contributed by atoms with Crippen LogP contribution in [0.25, 0.3) is 0 Å². The first kappa shape index (κ1) is 20.0. The number of anilines is 1. The molecule has 1 aromatic rings. The van der Waals surface area contributed by atoms with Gasteiger partial charge < -0.3 is 24.8 Å². The number of aliphatic carboxylic acids is 1. The van der Waals surface area contributed by atoms with Crippen LogP contribution in [0.4, 0.5) is 10.5 Å². The summed E-state index contributed by atoms with van der Waals surface area (Å²) in [6, 6.07) is 5.16. The molecule has 2 rings (SSSR count). The number of hydrogen-bond donors (Lipinski definition) is 2. The first-order chi connectivity index (χ1) is 12.4. The molecule has 7 heteroatoms. The molecule has 1 aromatic carbocycles. The van der Waals surface area contributed by atoms with Crippen LogP contribution in [-0.2, 0) is 9.53 Å². The van der Waals surface area contributed by atoms with Crippen LogP contribution in [0.15, 0.2) is 18.2 Å². The van der Waals surface area contributed by atoms with Crippen molar-refractivity contribution in [2.24, 2.45) is 11.8 Å². The molecule has 0 spiro atoms. The molecule has 26 heavy (non-hydrogen) atoms. The van der Waals surface area contributed by atoms with Crippen molar-refractivity contribution in [2.75, 3.05) is 38.7 Å². The Morgan fingerprint density at radius 2 is 2.08 bits per heavy atom. The maximum atomic E-state index is 12.2. The Labute approximate surface area is 154 Å². The van der Waals surface area contributed by atoms with E-state index in [1.165, 1.54) is 4.90 Å². The van der Waals surface area contributed by atoms with Gasteiger partial charge in [-0.3, -0.25) is 4.79 Å². The number of benzene rings is 1. The Morgan fingerprint density at radius 3 is 2.73 bits per heavy atom. The average Bonchev–Trinajstić information content (AvgIpc) is 2.62. The highest BCUT2D eigenvalue weighted by Crippen LogP contribution is 2.25. The topological polar surface area (TPSA) is 88.1 Å². The Kier molecular flexibility index (Phi) is 7.26. The van der Waals surface area contributed by atoms with Crippen LogP contribution in [-0.4, -0.2) is 55.4 Å². The molecule has 0 saturated carbocycles. The van der Waals surface area contributed by atoms with E-state index in [4.69, 9.17) is 14.6 Å². The summed E-state index contributed by atoms with van der Waals surface area (Å²) in [5, 5.41) is 11.7. The predicted octanol–water partition coefficient (Wildman–Crippen LogP) is 2.98. The smallest absolute Gasteiger partial charge is 0.321 e. The van der Waals surface area contributed by atoms with Crippen molar-refractivity contribution in [3.8, 4) is 5.75 Å². The highest BCUT2D eigenvalue weighted by Gasteiger charge is 2.18. The second kappa shape index (κ2) is 9.43. The standard InChI is InChI=1S/C19H28N2O5/c1-13-4-5-16(20-19(24)21(3)11-14(2)18(22)23)10-17(13)26-12-15-6-8-25-9-7-15/h4-5,10,14-15H,6-9,11-12H2,1-3H3,(H,20,24)(H,22,23). The molecule has 1 aliphatic heterocycles. The van der Waals surface area contributed by atoms with E-state index < -0.39 is 11.9 Å². The fourth-order valence-corrected chi connectivity index (χ4v) is 2.74. The number of carboxylic acids is 1. The molecule has 1 aliphatic rings. The van der Waals surface area contributed by atoms with Gasteiger partial charge in [-0.25, -0.2) is 4.79 Å². The second-order valence-corrected chi connectivity index (χ2v) is 6.90. The Bertz CT molecular complexity index is 628. The first-order valence-electron chi connectivity index (χ1n) is 8.93. The van der Waals surface area contributed by atoms with Crippen LogP contribution in [0.2, 0.25) is 0 Å². The van der Waals surface area contributed by atoms with E-state index in [2.05, 4.69) is 5.32 Å². The van der Waals surface area contributed by atoms with E-state index in [9.17, 15) is 9.59 Å². The maximum Gasteiger partial charge on any atom is 0.321 e. The van der Waals surface area contributed by atoms with Crippen molar-refractivity contribution < 1.29 is 24.2 Å². The zero-order chi connectivity index (χ0) is 19.1. The van der Waals surface area contributed by atoms with Gasteiger partial charge in [0.05, 0.1) is 12.5 Å². The monoisotopic (exact) mass is 364 g/mol. The Morgan fingerprint density at radius 1 is 1.38 bits per heavy atom. The van der Waals surface area contributed by atoms with Gasteiger partial charge in [0.1, 0.15) is 5.75 Å². The fraction of sp³-hybridized carbons (Fsp3) is 0.579. The Balaban J connectivity index is 1.92. The third-order valence-electron chi connectivity index (χ3n) is 4.57. The van der Waals surface area contributed by atoms with E-state index in [1.807, 2.05) is 19.1 Å². The lowest BCUT2D eigenvalue weighted by Crippen LogP contribution is -2.36. The molecule has 2 N–H and O–H groups in total. The van der Waals surface area contributed by atoms with Crippen molar-refractivity contribution in [3.05, 3.63) is 23.8 Å². The van der Waals surface area contributed by atoms with Crippen LogP contribution in [0.1, 0.15) is 25.3 Å². The summed E-state index contributed by atoms with van der Waals surface area (Å²) in [4.78, 5) is 24.5. The van der Waals surface area contributed by atoms with Crippen molar-refractivity contribution >= 4 is 17.7 Å². The number of amides is 2. The summed E-state index contributed by atoms with van der Waals surface area (Å²) in [6.07, 6.45) is 2.00. The van der Waals surface area contributed by atoms with Gasteiger partial charge in [-0.15, -0.1) is 0 Å². The van der Waals surface area contributed by atoms with E-state index in [0.717, 1.165) is 37.4 Å². The second-order valence-electron chi connectivity index (χ2n) is 6.90.